The van der Waals surface area contributed by atoms with Gasteiger partial charge in [-0.25, -0.2) is 0 Å². The van der Waals surface area contributed by atoms with Crippen LogP contribution in [0.25, 0.3) is 0 Å². The number of rotatable bonds is 7. The van der Waals surface area contributed by atoms with Crippen molar-refractivity contribution in [1.29, 1.82) is 0 Å². The van der Waals surface area contributed by atoms with Crippen LogP contribution in [0.3, 0.4) is 0 Å². The smallest absolute Gasteiger partial charge is 0.303 e. The van der Waals surface area contributed by atoms with Crippen LogP contribution in [0, 0.1) is 11.8 Å². The van der Waals surface area contributed by atoms with Crippen LogP contribution in [0.5, 0.6) is 0 Å². The molecule has 100 valence electrons. The number of nitrogens with zero attached hydrogens (tertiary/aromatic N) is 1. The van der Waals surface area contributed by atoms with Crippen molar-refractivity contribution in [3.63, 3.8) is 0 Å². The van der Waals surface area contributed by atoms with Crippen LogP contribution < -0.4 is 5.32 Å². The Kier molecular flexibility index (Phi) is 5.35. The molecule has 1 heterocycles. The van der Waals surface area contributed by atoms with Gasteiger partial charge in [-0.3, -0.25) is 9.59 Å². The van der Waals surface area contributed by atoms with Crippen molar-refractivity contribution in [1.82, 2.24) is 10.5 Å². The normalized spacial score (nSPS) is 12.4. The predicted molar refractivity (Wildman–Crippen MR) is 64.0 cm³/mol. The van der Waals surface area contributed by atoms with E-state index in [1.165, 1.54) is 12.3 Å². The fraction of sp³-hybridized carbons (Fsp3) is 0.583. The van der Waals surface area contributed by atoms with E-state index in [2.05, 4.69) is 10.5 Å². The molecule has 0 spiro atoms. The zero-order chi connectivity index (χ0) is 13.5. The number of carboxylic acid groups (broad SMARTS) is 1. The first kappa shape index (κ1) is 14.2. The third-order valence-corrected chi connectivity index (χ3v) is 2.48. The molecule has 0 unspecified atom stereocenters. The van der Waals surface area contributed by atoms with E-state index in [4.69, 9.17) is 9.63 Å². The Bertz CT molecular complexity index is 387. The monoisotopic (exact) mass is 254 g/mol. The van der Waals surface area contributed by atoms with E-state index in [1.54, 1.807) is 0 Å². The first-order chi connectivity index (χ1) is 8.49. The average molecular weight is 254 g/mol. The highest BCUT2D eigenvalue weighted by atomic mass is 16.5. The minimum atomic E-state index is -0.852. The number of carboxylic acids is 1. The molecule has 0 radical (unpaired) electrons. The Morgan fingerprint density at radius 1 is 1.50 bits per heavy atom. The van der Waals surface area contributed by atoms with Crippen LogP contribution in [0.2, 0.25) is 0 Å². The van der Waals surface area contributed by atoms with E-state index in [-0.39, 0.29) is 24.0 Å². The maximum absolute atomic E-state index is 11.6. The lowest BCUT2D eigenvalue weighted by Gasteiger charge is -2.17. The van der Waals surface area contributed by atoms with Gasteiger partial charge in [0.15, 0.2) is 0 Å². The number of aromatic nitrogens is 1. The summed E-state index contributed by atoms with van der Waals surface area (Å²) in [4.78, 5) is 22.3. The molecule has 2 N–H and O–H groups in total. The average Bonchev–Trinajstić information content (AvgIpc) is 2.77. The summed E-state index contributed by atoms with van der Waals surface area (Å²) in [5.41, 5.74) is 0. The van der Waals surface area contributed by atoms with Gasteiger partial charge in [0.05, 0.1) is 6.20 Å². The van der Waals surface area contributed by atoms with Gasteiger partial charge in [0.25, 0.3) is 5.91 Å². The van der Waals surface area contributed by atoms with E-state index in [1.807, 2.05) is 13.8 Å². The number of carbonyl (C=O) groups is 2. The van der Waals surface area contributed by atoms with E-state index >= 15 is 0 Å². The summed E-state index contributed by atoms with van der Waals surface area (Å²) in [6, 6.07) is 1.46. The van der Waals surface area contributed by atoms with Crippen LogP contribution in [0.4, 0.5) is 0 Å². The summed E-state index contributed by atoms with van der Waals surface area (Å²) in [5.74, 6) is -0.777. The van der Waals surface area contributed by atoms with Crippen molar-refractivity contribution < 1.29 is 19.2 Å². The van der Waals surface area contributed by atoms with Gasteiger partial charge >= 0.3 is 5.97 Å². The minimum absolute atomic E-state index is 0.0505. The molecular weight excluding hydrogens is 236 g/mol. The molecular formula is C12H18N2O4. The number of nitrogens with one attached hydrogen (secondary N) is 1. The van der Waals surface area contributed by atoms with E-state index < -0.39 is 5.97 Å². The lowest BCUT2D eigenvalue weighted by Crippen LogP contribution is -2.30. The minimum Gasteiger partial charge on any atom is -0.481 e. The lowest BCUT2D eigenvalue weighted by molar-refractivity contribution is -0.138. The number of aliphatic carboxylic acids is 1. The fourth-order valence-corrected chi connectivity index (χ4v) is 1.81. The van der Waals surface area contributed by atoms with Gasteiger partial charge < -0.3 is 14.9 Å². The molecule has 1 amide bonds. The molecule has 18 heavy (non-hydrogen) atoms. The second-order valence-corrected chi connectivity index (χ2v) is 4.68. The van der Waals surface area contributed by atoms with Gasteiger partial charge in [0.1, 0.15) is 0 Å². The van der Waals surface area contributed by atoms with Gasteiger partial charge in [-0.05, 0) is 18.3 Å². The van der Waals surface area contributed by atoms with Gasteiger partial charge in [0, 0.05) is 19.0 Å². The molecule has 6 heteroatoms. The standard InChI is InChI=1S/C12H18N2O4/c1-8(2)5-9(6-11(15)16)7-13-12(17)10-3-4-14-18-10/h3-4,8-9H,5-7H2,1-2H3,(H,13,17)(H,15,16)/t9-/m0/s1. The van der Waals surface area contributed by atoms with Crippen LogP contribution in [0.1, 0.15) is 37.2 Å². The molecule has 1 atom stereocenters. The molecule has 0 aromatic carbocycles. The van der Waals surface area contributed by atoms with Crippen molar-refractivity contribution in [2.75, 3.05) is 6.54 Å². The highest BCUT2D eigenvalue weighted by Crippen LogP contribution is 2.14. The SMILES string of the molecule is CC(C)C[C@H](CNC(=O)c1ccno1)CC(=O)O. The largest absolute Gasteiger partial charge is 0.481 e. The zero-order valence-corrected chi connectivity index (χ0v) is 10.5. The van der Waals surface area contributed by atoms with E-state index in [0.717, 1.165) is 6.42 Å². The first-order valence-corrected chi connectivity index (χ1v) is 5.89. The zero-order valence-electron chi connectivity index (χ0n) is 10.5. The molecule has 1 aromatic heterocycles. The van der Waals surface area contributed by atoms with Crippen LogP contribution in [0.15, 0.2) is 16.8 Å². The van der Waals surface area contributed by atoms with Crippen LogP contribution >= 0.6 is 0 Å². The van der Waals surface area contributed by atoms with E-state index in [0.29, 0.717) is 12.5 Å². The molecule has 1 aromatic rings. The van der Waals surface area contributed by atoms with E-state index in [9.17, 15) is 9.59 Å². The number of hydrogen-bond donors (Lipinski definition) is 2. The summed E-state index contributed by atoms with van der Waals surface area (Å²) in [5, 5.41) is 14.9. The van der Waals surface area contributed by atoms with Crippen LogP contribution in [-0.2, 0) is 4.79 Å². The summed E-state index contributed by atoms with van der Waals surface area (Å²) >= 11 is 0. The predicted octanol–water partition coefficient (Wildman–Crippen LogP) is 1.54. The Morgan fingerprint density at radius 3 is 2.72 bits per heavy atom. The summed E-state index contributed by atoms with van der Waals surface area (Å²) in [6.45, 7) is 4.37. The van der Waals surface area contributed by atoms with Gasteiger partial charge in [0.2, 0.25) is 5.76 Å². The Balaban J connectivity index is 2.45. The second-order valence-electron chi connectivity index (χ2n) is 4.68. The van der Waals surface area contributed by atoms with Crippen molar-refractivity contribution in [2.45, 2.75) is 26.7 Å². The van der Waals surface area contributed by atoms with Crippen molar-refractivity contribution >= 4 is 11.9 Å². The second kappa shape index (κ2) is 6.78. The Hall–Kier alpha value is -1.85. The molecule has 6 nitrogen and oxygen atoms in total. The summed E-state index contributed by atoms with van der Waals surface area (Å²) in [7, 11) is 0. The van der Waals surface area contributed by atoms with Crippen molar-refractivity contribution in [3.8, 4) is 0 Å². The van der Waals surface area contributed by atoms with Gasteiger partial charge in [-0.15, -0.1) is 0 Å². The quantitative estimate of drug-likeness (QED) is 0.770. The number of hydrogen-bond acceptors (Lipinski definition) is 4. The Labute approximate surface area is 105 Å². The summed E-state index contributed by atoms with van der Waals surface area (Å²) in [6.07, 6.45) is 2.19. The highest BCUT2D eigenvalue weighted by molar-refractivity contribution is 5.91. The Morgan fingerprint density at radius 2 is 2.22 bits per heavy atom. The highest BCUT2D eigenvalue weighted by Gasteiger charge is 2.17. The molecule has 0 bridgehead atoms. The maximum atomic E-state index is 11.6. The number of carbonyl (C=O) groups excluding carboxylic acids is 1. The van der Waals surface area contributed by atoms with Gasteiger partial charge in [-0.2, -0.15) is 0 Å². The summed E-state index contributed by atoms with van der Waals surface area (Å²) < 4.78 is 4.71. The van der Waals surface area contributed by atoms with Crippen molar-refractivity contribution in [3.05, 3.63) is 18.0 Å². The number of amides is 1. The molecule has 0 aliphatic rings. The molecule has 0 saturated carbocycles. The molecule has 1 rings (SSSR count). The van der Waals surface area contributed by atoms with Gasteiger partial charge in [-0.1, -0.05) is 19.0 Å². The molecule has 0 saturated heterocycles. The third kappa shape index (κ3) is 4.99. The molecule has 0 fully saturated rings. The van der Waals surface area contributed by atoms with Crippen molar-refractivity contribution in [2.24, 2.45) is 11.8 Å². The fourth-order valence-electron chi connectivity index (χ4n) is 1.81. The molecule has 0 aliphatic carbocycles. The maximum Gasteiger partial charge on any atom is 0.303 e. The van der Waals surface area contributed by atoms with Crippen LogP contribution in [-0.4, -0.2) is 28.7 Å². The molecule has 0 aliphatic heterocycles. The first-order valence-electron chi connectivity index (χ1n) is 5.89. The lowest BCUT2D eigenvalue weighted by atomic mass is 9.94. The third-order valence-electron chi connectivity index (χ3n) is 2.48. The topological polar surface area (TPSA) is 92.4 Å².